The van der Waals surface area contributed by atoms with Gasteiger partial charge in [0.25, 0.3) is 0 Å². The van der Waals surface area contributed by atoms with E-state index in [4.69, 9.17) is 0 Å². The summed E-state index contributed by atoms with van der Waals surface area (Å²) >= 11 is -6.22. The van der Waals surface area contributed by atoms with E-state index in [1.807, 2.05) is 0 Å². The van der Waals surface area contributed by atoms with Crippen molar-refractivity contribution in [3.63, 3.8) is 0 Å². The molecule has 0 amide bonds. The quantitative estimate of drug-likeness (QED) is 0.507. The predicted octanol–water partition coefficient (Wildman–Crippen LogP) is -1.26. The first-order chi connectivity index (χ1) is 3.81. The van der Waals surface area contributed by atoms with E-state index in [0.29, 0.717) is 0 Å². The fourth-order valence-corrected chi connectivity index (χ4v) is 2.00. The molecule has 8 heavy (non-hydrogen) atoms. The number of rotatable bonds is 4. The van der Waals surface area contributed by atoms with Gasteiger partial charge in [-0.15, -0.1) is 0 Å². The average Bonchev–Trinajstić information content (AvgIpc) is 1.68. The van der Waals surface area contributed by atoms with Crippen LogP contribution in [0.4, 0.5) is 0 Å². The van der Waals surface area contributed by atoms with Crippen LogP contribution in [-0.2, 0) is 34.3 Å². The molecule has 0 radical (unpaired) electrons. The van der Waals surface area contributed by atoms with Crippen LogP contribution >= 0.6 is 0 Å². The molecule has 0 saturated heterocycles. The molecule has 0 aromatic heterocycles. The molecule has 0 aliphatic carbocycles. The first kappa shape index (κ1) is 8.78. The van der Waals surface area contributed by atoms with E-state index in [1.165, 1.54) is 0 Å². The van der Waals surface area contributed by atoms with E-state index in [1.54, 1.807) is 0 Å². The van der Waals surface area contributed by atoms with Crippen LogP contribution < -0.4 is 0 Å². The Bertz CT molecular complexity index is 97.0. The molecule has 0 aliphatic heterocycles. The maximum absolute atomic E-state index is 10.1. The standard InChI is InChI=1S/2Al.5O.Ti. The molecule has 0 N–H and O–H groups in total. The Hall–Kier alpha value is 0.779. The fourth-order valence-electron chi connectivity index (χ4n) is 0.106. The van der Waals surface area contributed by atoms with Crippen molar-refractivity contribution in [2.45, 2.75) is 0 Å². The van der Waals surface area contributed by atoms with E-state index < -0.39 is 49.6 Å². The Balaban J connectivity index is 3.32. The summed E-state index contributed by atoms with van der Waals surface area (Å²) in [7, 11) is 0. The van der Waals surface area contributed by atoms with Crippen LogP contribution in [0.25, 0.3) is 0 Å². The predicted molar refractivity (Wildman–Crippen MR) is 15.7 cm³/mol. The zero-order chi connectivity index (χ0) is 6.41. The second-order valence-corrected chi connectivity index (χ2v) is 4.52. The summed E-state index contributed by atoms with van der Waals surface area (Å²) in [6.07, 6.45) is 0. The van der Waals surface area contributed by atoms with Crippen molar-refractivity contribution in [2.75, 3.05) is 0 Å². The summed E-state index contributed by atoms with van der Waals surface area (Å²) in [6.45, 7) is 0. The zero-order valence-electron chi connectivity index (χ0n) is 3.70. The second kappa shape index (κ2) is 5.91. The van der Waals surface area contributed by atoms with E-state index in [0.717, 1.165) is 0 Å². The molecule has 8 heteroatoms. The summed E-state index contributed by atoms with van der Waals surface area (Å²) in [5, 5.41) is 0. The molecular weight excluding hydrogens is 182 g/mol. The van der Waals surface area contributed by atoms with E-state index in [-0.39, 0.29) is 0 Å². The van der Waals surface area contributed by atoms with Gasteiger partial charge in [-0.3, -0.25) is 0 Å². The van der Waals surface area contributed by atoms with Crippen LogP contribution in [0.1, 0.15) is 0 Å². The van der Waals surface area contributed by atoms with Gasteiger partial charge in [-0.2, -0.15) is 0 Å². The molecule has 0 aliphatic rings. The van der Waals surface area contributed by atoms with E-state index in [2.05, 4.69) is 4.74 Å². The Morgan fingerprint density at radius 3 is 1.75 bits per heavy atom. The number of hydrogen-bond acceptors (Lipinski definition) is 5. The number of hydrogen-bond donors (Lipinski definition) is 0. The third-order valence-corrected chi connectivity index (χ3v) is 3.57. The summed E-state index contributed by atoms with van der Waals surface area (Å²) in [6, 6.07) is 0. The van der Waals surface area contributed by atoms with Crippen LogP contribution in [0, 0.1) is 0 Å². The fraction of sp³-hybridized carbons (Fsp3) is 0. The van der Waals surface area contributed by atoms with Crippen LogP contribution in [-0.4, -0.2) is 31.0 Å². The Morgan fingerprint density at radius 1 is 1.12 bits per heavy atom. The van der Waals surface area contributed by atoms with Crippen molar-refractivity contribution in [3.05, 3.63) is 0 Å². The van der Waals surface area contributed by atoms with Gasteiger partial charge in [-0.05, 0) is 0 Å². The molecule has 0 fully saturated rings. The average molecular weight is 182 g/mol. The van der Waals surface area contributed by atoms with Crippen molar-refractivity contribution in [1.82, 2.24) is 0 Å². The van der Waals surface area contributed by atoms with Gasteiger partial charge in [0.2, 0.25) is 0 Å². The molecule has 0 unspecified atom stereocenters. The first-order valence-electron chi connectivity index (χ1n) is 1.56. The summed E-state index contributed by atoms with van der Waals surface area (Å²) in [4.78, 5) is 0. The van der Waals surface area contributed by atoms with Crippen molar-refractivity contribution in [3.8, 4) is 0 Å². The van der Waals surface area contributed by atoms with Gasteiger partial charge in [0, 0.05) is 0 Å². The van der Waals surface area contributed by atoms with Gasteiger partial charge in [-0.25, -0.2) is 0 Å². The topological polar surface area (TPSA) is 69.7 Å². The Labute approximate surface area is 65.0 Å². The molecule has 0 aromatic carbocycles. The third-order valence-electron chi connectivity index (χ3n) is 0.289. The molecule has 0 rings (SSSR count). The molecule has 0 aromatic rings. The Kier molecular flexibility index (Phi) is 6.48. The molecule has 0 bridgehead atoms. The van der Waals surface area contributed by atoms with Crippen molar-refractivity contribution >= 4 is 31.0 Å². The van der Waals surface area contributed by atoms with Crippen molar-refractivity contribution in [2.24, 2.45) is 0 Å². The molecule has 5 nitrogen and oxygen atoms in total. The summed E-state index contributed by atoms with van der Waals surface area (Å²) in [5.41, 5.74) is 0. The molecule has 0 spiro atoms. The first-order valence-corrected chi connectivity index (χ1v) is 5.35. The van der Waals surface area contributed by atoms with Crippen LogP contribution in [0.5, 0.6) is 0 Å². The Morgan fingerprint density at radius 2 is 1.50 bits per heavy atom. The summed E-state index contributed by atoms with van der Waals surface area (Å²) in [5.74, 6) is 0. The molecule has 0 saturated carbocycles. The second-order valence-electron chi connectivity index (χ2n) is 0.678. The van der Waals surface area contributed by atoms with Crippen LogP contribution in [0.3, 0.4) is 0 Å². The minimum absolute atomic E-state index is 1.49. The van der Waals surface area contributed by atoms with Gasteiger partial charge >= 0.3 is 65.3 Å². The maximum atomic E-state index is 10.1. The third kappa shape index (κ3) is 4.93. The molecular formula is Al2O5Ti. The molecule has 40 valence electrons. The normalized spacial score (nSPS) is 6.00. The molecule has 0 atom stereocenters. The van der Waals surface area contributed by atoms with Gasteiger partial charge < -0.3 is 0 Å². The monoisotopic (exact) mass is 182 g/mol. The van der Waals surface area contributed by atoms with E-state index in [9.17, 15) is 10.9 Å². The van der Waals surface area contributed by atoms with Crippen molar-refractivity contribution < 1.29 is 34.3 Å². The molecule has 0 heterocycles. The van der Waals surface area contributed by atoms with Gasteiger partial charge in [-0.1, -0.05) is 0 Å². The van der Waals surface area contributed by atoms with E-state index >= 15 is 0 Å². The van der Waals surface area contributed by atoms with Gasteiger partial charge in [0.05, 0.1) is 0 Å². The van der Waals surface area contributed by atoms with Crippen LogP contribution in [0.2, 0.25) is 0 Å². The van der Waals surface area contributed by atoms with Crippen LogP contribution in [0.15, 0.2) is 0 Å². The minimum atomic E-state index is -3.24. The SMILES string of the molecule is [O]=[Al][O][Ti](=[O])[O][Al]=[O]. The summed E-state index contributed by atoms with van der Waals surface area (Å²) < 4.78 is 37.2. The van der Waals surface area contributed by atoms with Gasteiger partial charge in [0.15, 0.2) is 0 Å². The van der Waals surface area contributed by atoms with Crippen molar-refractivity contribution in [1.29, 1.82) is 0 Å². The zero-order valence-corrected chi connectivity index (χ0v) is 7.57. The van der Waals surface area contributed by atoms with Gasteiger partial charge in [0.1, 0.15) is 0 Å².